The molecule has 30 heavy (non-hydrogen) atoms. The monoisotopic (exact) mass is 403 g/mol. The third kappa shape index (κ3) is 5.72. The van der Waals surface area contributed by atoms with E-state index in [1.54, 1.807) is 48.5 Å². The maximum atomic E-state index is 12.2. The summed E-state index contributed by atoms with van der Waals surface area (Å²) in [6.45, 7) is -0.170. The summed E-state index contributed by atoms with van der Waals surface area (Å²) in [5.74, 6) is 0.368. The van der Waals surface area contributed by atoms with E-state index in [1.165, 1.54) is 25.3 Å². The number of hydrogen-bond acceptors (Lipinski definition) is 5. The van der Waals surface area contributed by atoms with Crippen molar-refractivity contribution < 1.29 is 24.2 Å². The molecule has 0 atom stereocenters. The number of phenols is 1. The molecular formula is C24H21NO5. The van der Waals surface area contributed by atoms with Crippen LogP contribution in [0.25, 0.3) is 6.08 Å². The van der Waals surface area contributed by atoms with Gasteiger partial charge in [0.05, 0.1) is 7.11 Å². The van der Waals surface area contributed by atoms with Crippen LogP contribution in [0.2, 0.25) is 0 Å². The van der Waals surface area contributed by atoms with Gasteiger partial charge in [0.15, 0.2) is 23.9 Å². The van der Waals surface area contributed by atoms with Crippen LogP contribution in [-0.2, 0) is 4.79 Å². The molecule has 0 aliphatic rings. The van der Waals surface area contributed by atoms with Gasteiger partial charge in [-0.1, -0.05) is 42.5 Å². The van der Waals surface area contributed by atoms with Gasteiger partial charge in [-0.25, -0.2) is 0 Å². The average Bonchev–Trinajstić information content (AvgIpc) is 2.77. The number of ketones is 1. The van der Waals surface area contributed by atoms with E-state index in [4.69, 9.17) is 9.47 Å². The van der Waals surface area contributed by atoms with Gasteiger partial charge in [-0.2, -0.15) is 0 Å². The number of rotatable bonds is 8. The zero-order valence-electron chi connectivity index (χ0n) is 16.4. The zero-order chi connectivity index (χ0) is 21.3. The fourth-order valence-electron chi connectivity index (χ4n) is 2.70. The Morgan fingerprint density at radius 1 is 0.967 bits per heavy atom. The predicted molar refractivity (Wildman–Crippen MR) is 115 cm³/mol. The lowest BCUT2D eigenvalue weighted by Crippen LogP contribution is -2.20. The molecule has 0 saturated heterocycles. The molecular weight excluding hydrogens is 382 g/mol. The lowest BCUT2D eigenvalue weighted by atomic mass is 10.1. The average molecular weight is 403 g/mol. The van der Waals surface area contributed by atoms with E-state index >= 15 is 0 Å². The largest absolute Gasteiger partial charge is 0.508 e. The van der Waals surface area contributed by atoms with Gasteiger partial charge in [0.2, 0.25) is 0 Å². The highest BCUT2D eigenvalue weighted by Crippen LogP contribution is 2.28. The maximum Gasteiger partial charge on any atom is 0.262 e. The summed E-state index contributed by atoms with van der Waals surface area (Å²) in [4.78, 5) is 24.3. The Bertz CT molecular complexity index is 1060. The van der Waals surface area contributed by atoms with Crippen LogP contribution in [0.3, 0.4) is 0 Å². The summed E-state index contributed by atoms with van der Waals surface area (Å²) in [6, 6.07) is 20.4. The summed E-state index contributed by atoms with van der Waals surface area (Å²) < 4.78 is 10.9. The van der Waals surface area contributed by atoms with E-state index < -0.39 is 0 Å². The molecule has 0 fully saturated rings. The van der Waals surface area contributed by atoms with E-state index in [1.807, 2.05) is 18.2 Å². The van der Waals surface area contributed by atoms with E-state index in [0.29, 0.717) is 22.7 Å². The highest BCUT2D eigenvalue weighted by Gasteiger charge is 2.09. The van der Waals surface area contributed by atoms with Crippen LogP contribution in [0.1, 0.15) is 15.9 Å². The maximum absolute atomic E-state index is 12.2. The SMILES string of the molecule is COc1cc(/C=C/C(=O)c2cccc(O)c2)ccc1OCC(=O)Nc1ccccc1. The molecule has 1 amide bonds. The van der Waals surface area contributed by atoms with Gasteiger partial charge in [0.1, 0.15) is 5.75 Å². The van der Waals surface area contributed by atoms with Crippen LogP contribution in [0.5, 0.6) is 17.2 Å². The van der Waals surface area contributed by atoms with Gasteiger partial charge in [-0.3, -0.25) is 9.59 Å². The first-order valence-electron chi connectivity index (χ1n) is 9.22. The van der Waals surface area contributed by atoms with Crippen molar-refractivity contribution in [2.45, 2.75) is 0 Å². The van der Waals surface area contributed by atoms with Crippen molar-refractivity contribution in [3.63, 3.8) is 0 Å². The van der Waals surface area contributed by atoms with Crippen molar-refractivity contribution in [1.82, 2.24) is 0 Å². The summed E-state index contributed by atoms with van der Waals surface area (Å²) in [6.07, 6.45) is 3.05. The standard InChI is InChI=1S/C24H21NO5/c1-29-23-14-17(10-12-21(27)18-6-5-9-20(26)15-18)11-13-22(23)30-16-24(28)25-19-7-3-2-4-8-19/h2-15,26H,16H2,1H3,(H,25,28)/b12-10+. The molecule has 0 radical (unpaired) electrons. The Balaban J connectivity index is 1.63. The molecule has 0 heterocycles. The number of ether oxygens (including phenoxy) is 2. The Morgan fingerprint density at radius 2 is 1.77 bits per heavy atom. The van der Waals surface area contributed by atoms with Crippen molar-refractivity contribution in [3.05, 3.63) is 90.0 Å². The molecule has 0 spiro atoms. The minimum absolute atomic E-state index is 0.0359. The van der Waals surface area contributed by atoms with Gasteiger partial charge in [0, 0.05) is 11.3 Å². The van der Waals surface area contributed by atoms with E-state index in [0.717, 1.165) is 5.56 Å². The van der Waals surface area contributed by atoms with Gasteiger partial charge in [0.25, 0.3) is 5.91 Å². The highest BCUT2D eigenvalue weighted by atomic mass is 16.5. The molecule has 3 rings (SSSR count). The molecule has 3 aromatic rings. The minimum atomic E-state index is -0.288. The Hall–Kier alpha value is -4.06. The fraction of sp³-hybridized carbons (Fsp3) is 0.0833. The summed E-state index contributed by atoms with van der Waals surface area (Å²) >= 11 is 0. The van der Waals surface area contributed by atoms with Crippen molar-refractivity contribution in [2.24, 2.45) is 0 Å². The van der Waals surface area contributed by atoms with Crippen LogP contribution < -0.4 is 14.8 Å². The number of nitrogens with one attached hydrogen (secondary N) is 1. The molecule has 0 aliphatic carbocycles. The second-order valence-electron chi connectivity index (χ2n) is 6.36. The number of phenolic OH excluding ortho intramolecular Hbond substituents is 1. The van der Waals surface area contributed by atoms with Gasteiger partial charge in [-0.15, -0.1) is 0 Å². The second-order valence-corrected chi connectivity index (χ2v) is 6.36. The number of hydrogen-bond donors (Lipinski definition) is 2. The number of benzene rings is 3. The van der Waals surface area contributed by atoms with Gasteiger partial charge in [-0.05, 0) is 48.0 Å². The van der Waals surface area contributed by atoms with Crippen molar-refractivity contribution in [2.75, 3.05) is 19.0 Å². The number of carbonyl (C=O) groups is 2. The van der Waals surface area contributed by atoms with Crippen LogP contribution >= 0.6 is 0 Å². The number of aromatic hydroxyl groups is 1. The summed E-state index contributed by atoms with van der Waals surface area (Å²) in [5.41, 5.74) is 1.80. The molecule has 0 aromatic heterocycles. The van der Waals surface area contributed by atoms with Crippen LogP contribution in [0, 0.1) is 0 Å². The van der Waals surface area contributed by atoms with Crippen molar-refractivity contribution >= 4 is 23.5 Å². The molecule has 0 unspecified atom stereocenters. The molecule has 0 aliphatic heterocycles. The number of allylic oxidation sites excluding steroid dienone is 1. The first kappa shape index (κ1) is 20.7. The Kier molecular flexibility index (Phi) is 6.84. The predicted octanol–water partition coefficient (Wildman–Crippen LogP) is 4.31. The van der Waals surface area contributed by atoms with E-state index in [2.05, 4.69) is 5.32 Å². The quantitative estimate of drug-likeness (QED) is 0.432. The Morgan fingerprint density at radius 3 is 2.50 bits per heavy atom. The molecule has 6 nitrogen and oxygen atoms in total. The molecule has 0 saturated carbocycles. The smallest absolute Gasteiger partial charge is 0.262 e. The molecule has 2 N–H and O–H groups in total. The number of amides is 1. The highest BCUT2D eigenvalue weighted by molar-refractivity contribution is 6.07. The number of methoxy groups -OCH3 is 1. The fourth-order valence-corrected chi connectivity index (χ4v) is 2.70. The van der Waals surface area contributed by atoms with Crippen LogP contribution in [-0.4, -0.2) is 30.5 Å². The molecule has 3 aromatic carbocycles. The summed E-state index contributed by atoms with van der Waals surface area (Å²) in [7, 11) is 1.50. The van der Waals surface area contributed by atoms with Crippen LogP contribution in [0.15, 0.2) is 78.9 Å². The van der Waals surface area contributed by atoms with Crippen molar-refractivity contribution in [3.8, 4) is 17.2 Å². The molecule has 0 bridgehead atoms. The number of carbonyl (C=O) groups excluding carboxylic acids is 2. The zero-order valence-corrected chi connectivity index (χ0v) is 16.4. The minimum Gasteiger partial charge on any atom is -0.508 e. The lowest BCUT2D eigenvalue weighted by molar-refractivity contribution is -0.118. The van der Waals surface area contributed by atoms with E-state index in [-0.39, 0.29) is 24.0 Å². The lowest BCUT2D eigenvalue weighted by Gasteiger charge is -2.11. The van der Waals surface area contributed by atoms with Crippen molar-refractivity contribution in [1.29, 1.82) is 0 Å². The van der Waals surface area contributed by atoms with Gasteiger partial charge < -0.3 is 19.9 Å². The first-order valence-corrected chi connectivity index (χ1v) is 9.22. The third-order valence-corrected chi connectivity index (χ3v) is 4.16. The Labute approximate surface area is 174 Å². The molecule has 6 heteroatoms. The van der Waals surface area contributed by atoms with E-state index in [9.17, 15) is 14.7 Å². The topological polar surface area (TPSA) is 84.9 Å². The number of para-hydroxylation sites is 1. The van der Waals surface area contributed by atoms with Crippen LogP contribution in [0.4, 0.5) is 5.69 Å². The summed E-state index contributed by atoms with van der Waals surface area (Å²) in [5, 5.41) is 12.2. The first-order chi connectivity index (χ1) is 14.5. The second kappa shape index (κ2) is 9.93. The third-order valence-electron chi connectivity index (χ3n) is 4.16. The molecule has 152 valence electrons. The van der Waals surface area contributed by atoms with Gasteiger partial charge >= 0.3 is 0 Å². The number of anilines is 1. The normalized spacial score (nSPS) is 10.6.